The summed E-state index contributed by atoms with van der Waals surface area (Å²) in [6, 6.07) is 0.263. The van der Waals surface area contributed by atoms with Gasteiger partial charge >= 0.3 is 5.97 Å². The smallest absolute Gasteiger partial charge is 0.312 e. The number of hydrogen-bond donors (Lipinski definition) is 1. The van der Waals surface area contributed by atoms with E-state index in [9.17, 15) is 4.79 Å². The number of piperidine rings is 1. The number of hydrogen-bond acceptors (Lipinski definition) is 4. The zero-order valence-corrected chi connectivity index (χ0v) is 15.0. The molecule has 0 aliphatic carbocycles. The number of carbonyl (C=O) groups excluding carboxylic acids is 1. The van der Waals surface area contributed by atoms with Crippen LogP contribution >= 0.6 is 0 Å². The Morgan fingerprint density at radius 3 is 2.10 bits per heavy atom. The summed E-state index contributed by atoms with van der Waals surface area (Å²) < 4.78 is 5.35. The minimum atomic E-state index is -0.434. The predicted molar refractivity (Wildman–Crippen MR) is 87.9 cm³/mol. The first-order chi connectivity index (χ1) is 9.28. The quantitative estimate of drug-likeness (QED) is 0.640. The maximum atomic E-state index is 11.9. The zero-order chi connectivity index (χ0) is 16.5. The van der Waals surface area contributed by atoms with Gasteiger partial charge in [-0.15, -0.1) is 0 Å². The SMILES string of the molecule is CC(CC(=O)OC(C)(C)C)=NC1CC(C)(C)NC(C)(C)C1. The molecule has 0 spiro atoms. The fourth-order valence-electron chi connectivity index (χ4n) is 3.30. The lowest BCUT2D eigenvalue weighted by molar-refractivity contribution is -0.153. The molecule has 0 aromatic carbocycles. The van der Waals surface area contributed by atoms with Crippen LogP contribution in [-0.2, 0) is 9.53 Å². The molecular weight excluding hydrogens is 264 g/mol. The molecule has 1 heterocycles. The summed E-state index contributed by atoms with van der Waals surface area (Å²) in [5.41, 5.74) is 0.572. The van der Waals surface area contributed by atoms with Gasteiger partial charge in [0.05, 0.1) is 12.5 Å². The van der Waals surface area contributed by atoms with Crippen LogP contribution in [0.1, 0.15) is 74.7 Å². The number of nitrogens with one attached hydrogen (secondary N) is 1. The Hall–Kier alpha value is -0.900. The van der Waals surface area contributed by atoms with Gasteiger partial charge in [0, 0.05) is 16.8 Å². The minimum absolute atomic E-state index is 0.0715. The third-order valence-corrected chi connectivity index (χ3v) is 3.39. The molecule has 1 saturated heterocycles. The molecule has 1 fully saturated rings. The lowest BCUT2D eigenvalue weighted by Crippen LogP contribution is -2.58. The van der Waals surface area contributed by atoms with Gasteiger partial charge in [0.15, 0.2) is 0 Å². The van der Waals surface area contributed by atoms with Crippen molar-refractivity contribution in [2.45, 2.75) is 97.4 Å². The second-order valence-electron chi connectivity index (χ2n) is 8.58. The van der Waals surface area contributed by atoms with Crippen LogP contribution in [0.15, 0.2) is 4.99 Å². The van der Waals surface area contributed by atoms with E-state index < -0.39 is 5.60 Å². The first kappa shape index (κ1) is 18.1. The van der Waals surface area contributed by atoms with E-state index in [1.165, 1.54) is 0 Å². The van der Waals surface area contributed by atoms with Gasteiger partial charge in [-0.2, -0.15) is 0 Å². The van der Waals surface area contributed by atoms with Crippen molar-refractivity contribution in [1.29, 1.82) is 0 Å². The van der Waals surface area contributed by atoms with E-state index in [2.05, 4.69) is 33.0 Å². The van der Waals surface area contributed by atoms with E-state index in [-0.39, 0.29) is 29.5 Å². The van der Waals surface area contributed by atoms with Crippen LogP contribution in [-0.4, -0.2) is 34.4 Å². The molecule has 0 aromatic rings. The fraction of sp³-hybridized carbons (Fsp3) is 0.882. The van der Waals surface area contributed by atoms with Gasteiger partial charge < -0.3 is 10.1 Å². The highest BCUT2D eigenvalue weighted by atomic mass is 16.6. The Labute approximate surface area is 129 Å². The topological polar surface area (TPSA) is 50.7 Å². The molecule has 0 atom stereocenters. The van der Waals surface area contributed by atoms with Crippen LogP contribution < -0.4 is 5.32 Å². The molecule has 4 nitrogen and oxygen atoms in total. The molecule has 0 unspecified atom stereocenters. The van der Waals surface area contributed by atoms with Crippen molar-refractivity contribution in [2.75, 3.05) is 0 Å². The van der Waals surface area contributed by atoms with Gasteiger partial charge in [0.1, 0.15) is 5.60 Å². The molecule has 1 aliphatic rings. The Kier molecular flexibility index (Phi) is 5.25. The van der Waals surface area contributed by atoms with Crippen LogP contribution in [0.5, 0.6) is 0 Å². The van der Waals surface area contributed by atoms with Crippen LogP contribution in [0.25, 0.3) is 0 Å². The van der Waals surface area contributed by atoms with E-state index in [1.54, 1.807) is 0 Å². The highest BCUT2D eigenvalue weighted by Gasteiger charge is 2.37. The third kappa shape index (κ3) is 7.07. The molecule has 4 heteroatoms. The molecule has 0 bridgehead atoms. The maximum absolute atomic E-state index is 11.9. The summed E-state index contributed by atoms with van der Waals surface area (Å²) in [5.74, 6) is -0.198. The number of ether oxygens (including phenoxy) is 1. The predicted octanol–water partition coefficient (Wildman–Crippen LogP) is 3.49. The number of esters is 1. The Balaban J connectivity index is 2.67. The van der Waals surface area contributed by atoms with Crippen molar-refractivity contribution in [2.24, 2.45) is 4.99 Å². The fourth-order valence-corrected chi connectivity index (χ4v) is 3.30. The average Bonchev–Trinajstić information content (AvgIpc) is 2.06. The molecule has 1 aliphatic heterocycles. The normalized spacial score (nSPS) is 23.0. The van der Waals surface area contributed by atoms with E-state index in [4.69, 9.17) is 9.73 Å². The van der Waals surface area contributed by atoms with Crippen LogP contribution in [0.3, 0.4) is 0 Å². The second-order valence-corrected chi connectivity index (χ2v) is 8.58. The van der Waals surface area contributed by atoms with E-state index in [0.717, 1.165) is 18.6 Å². The minimum Gasteiger partial charge on any atom is -0.460 e. The van der Waals surface area contributed by atoms with Gasteiger partial charge in [-0.3, -0.25) is 9.79 Å². The largest absolute Gasteiger partial charge is 0.460 e. The van der Waals surface area contributed by atoms with Crippen molar-refractivity contribution >= 4 is 11.7 Å². The standard InChI is InChI=1S/C17H32N2O2/c1-12(9-14(20)21-15(2,3)4)18-13-10-16(5,6)19-17(7,8)11-13/h13,19H,9-11H2,1-8H3. The van der Waals surface area contributed by atoms with Gasteiger partial charge in [-0.25, -0.2) is 0 Å². The summed E-state index contributed by atoms with van der Waals surface area (Å²) in [5, 5.41) is 3.65. The van der Waals surface area contributed by atoms with E-state index >= 15 is 0 Å². The highest BCUT2D eigenvalue weighted by molar-refractivity contribution is 5.97. The zero-order valence-electron chi connectivity index (χ0n) is 15.0. The molecule has 1 N–H and O–H groups in total. The van der Waals surface area contributed by atoms with Crippen LogP contribution in [0.4, 0.5) is 0 Å². The van der Waals surface area contributed by atoms with Crippen molar-refractivity contribution in [3.63, 3.8) is 0 Å². The summed E-state index contributed by atoms with van der Waals surface area (Å²) in [6.07, 6.45) is 2.26. The van der Waals surface area contributed by atoms with Crippen molar-refractivity contribution in [3.05, 3.63) is 0 Å². The third-order valence-electron chi connectivity index (χ3n) is 3.39. The molecule has 0 amide bonds. The van der Waals surface area contributed by atoms with Gasteiger partial charge in [-0.1, -0.05) is 0 Å². The Morgan fingerprint density at radius 2 is 1.67 bits per heavy atom. The molecule has 0 saturated carbocycles. The van der Waals surface area contributed by atoms with Crippen molar-refractivity contribution in [1.82, 2.24) is 5.32 Å². The van der Waals surface area contributed by atoms with Crippen molar-refractivity contribution in [3.8, 4) is 0 Å². The molecule has 21 heavy (non-hydrogen) atoms. The number of nitrogens with zero attached hydrogens (tertiary/aromatic N) is 1. The van der Waals surface area contributed by atoms with Crippen LogP contribution in [0, 0.1) is 0 Å². The Morgan fingerprint density at radius 1 is 1.19 bits per heavy atom. The first-order valence-corrected chi connectivity index (χ1v) is 7.82. The summed E-state index contributed by atoms with van der Waals surface area (Å²) in [7, 11) is 0. The summed E-state index contributed by atoms with van der Waals surface area (Å²) >= 11 is 0. The second kappa shape index (κ2) is 6.07. The maximum Gasteiger partial charge on any atom is 0.312 e. The first-order valence-electron chi connectivity index (χ1n) is 7.82. The van der Waals surface area contributed by atoms with Gasteiger partial charge in [0.25, 0.3) is 0 Å². The average molecular weight is 296 g/mol. The summed E-state index contributed by atoms with van der Waals surface area (Å²) in [6.45, 7) is 16.4. The van der Waals surface area contributed by atoms with Gasteiger partial charge in [-0.05, 0) is 68.2 Å². The number of carbonyl (C=O) groups is 1. The highest BCUT2D eigenvalue weighted by Crippen LogP contribution is 2.30. The van der Waals surface area contributed by atoms with Gasteiger partial charge in [0.2, 0.25) is 0 Å². The number of rotatable bonds is 3. The van der Waals surface area contributed by atoms with E-state index in [1.807, 2.05) is 27.7 Å². The number of aliphatic imine (C=N–C) groups is 1. The van der Waals surface area contributed by atoms with E-state index in [0.29, 0.717) is 0 Å². The van der Waals surface area contributed by atoms with Crippen LogP contribution in [0.2, 0.25) is 0 Å². The molecule has 0 aromatic heterocycles. The molecule has 0 radical (unpaired) electrons. The molecule has 1 rings (SSSR count). The monoisotopic (exact) mass is 296 g/mol. The lowest BCUT2D eigenvalue weighted by atomic mass is 9.80. The molecule has 122 valence electrons. The Bertz CT molecular complexity index is 401. The molecular formula is C17H32N2O2. The van der Waals surface area contributed by atoms with Crippen molar-refractivity contribution < 1.29 is 9.53 Å². The lowest BCUT2D eigenvalue weighted by Gasteiger charge is -2.45. The summed E-state index contributed by atoms with van der Waals surface area (Å²) in [4.78, 5) is 16.6.